The van der Waals surface area contributed by atoms with Crippen molar-refractivity contribution >= 4 is 40.5 Å². The maximum absolute atomic E-state index is 13.3. The summed E-state index contributed by atoms with van der Waals surface area (Å²) in [6.07, 6.45) is 1.74. The zero-order valence-corrected chi connectivity index (χ0v) is 19.5. The molecule has 8 heteroatoms. The standard InChI is InChI=1S/C24H27N3O4S/c1-16-11-17(2)13-19(12-16)27-23(29)21(14-18-5-7-20(31-4)8-6-18)26-24(27)32-15-22(28)25-9-10-30-3/h5-8,11-14H,9-10,15H2,1-4H3,(H,25,28)/b21-14-. The van der Waals surface area contributed by atoms with Crippen LogP contribution in [0.25, 0.3) is 6.08 Å². The van der Waals surface area contributed by atoms with Crippen LogP contribution in [0.2, 0.25) is 0 Å². The van der Waals surface area contributed by atoms with Crippen LogP contribution < -0.4 is 15.0 Å². The molecule has 0 saturated carbocycles. The molecule has 0 fully saturated rings. The molecule has 1 N–H and O–H groups in total. The molecule has 0 saturated heterocycles. The first-order valence-electron chi connectivity index (χ1n) is 10.2. The highest BCUT2D eigenvalue weighted by atomic mass is 32.2. The molecule has 2 amide bonds. The van der Waals surface area contributed by atoms with E-state index in [0.29, 0.717) is 24.0 Å². The Kier molecular flexibility index (Phi) is 8.08. The van der Waals surface area contributed by atoms with Gasteiger partial charge in [0.25, 0.3) is 5.91 Å². The van der Waals surface area contributed by atoms with E-state index in [1.54, 1.807) is 25.2 Å². The second-order valence-corrected chi connectivity index (χ2v) is 8.26. The quantitative estimate of drug-likeness (QED) is 0.488. The highest BCUT2D eigenvalue weighted by Crippen LogP contribution is 2.31. The van der Waals surface area contributed by atoms with Crippen molar-refractivity contribution in [1.29, 1.82) is 0 Å². The number of aryl methyl sites for hydroxylation is 2. The van der Waals surface area contributed by atoms with Crippen LogP contribution in [0.1, 0.15) is 16.7 Å². The summed E-state index contributed by atoms with van der Waals surface area (Å²) in [7, 11) is 3.19. The van der Waals surface area contributed by atoms with Crippen molar-refractivity contribution in [3.63, 3.8) is 0 Å². The minimum absolute atomic E-state index is 0.143. The average Bonchev–Trinajstić information content (AvgIpc) is 3.07. The van der Waals surface area contributed by atoms with Gasteiger partial charge in [-0.2, -0.15) is 0 Å². The lowest BCUT2D eigenvalue weighted by molar-refractivity contribution is -0.118. The summed E-state index contributed by atoms with van der Waals surface area (Å²) in [6.45, 7) is 4.85. The molecule has 7 nitrogen and oxygen atoms in total. The lowest BCUT2D eigenvalue weighted by Crippen LogP contribution is -2.33. The van der Waals surface area contributed by atoms with Gasteiger partial charge in [0.15, 0.2) is 5.17 Å². The molecule has 0 bridgehead atoms. The van der Waals surface area contributed by atoms with Gasteiger partial charge in [0.1, 0.15) is 11.4 Å². The number of amidine groups is 1. The fourth-order valence-electron chi connectivity index (χ4n) is 3.23. The van der Waals surface area contributed by atoms with E-state index in [1.165, 1.54) is 11.8 Å². The van der Waals surface area contributed by atoms with Crippen molar-refractivity contribution in [3.05, 3.63) is 64.9 Å². The first kappa shape index (κ1) is 23.6. The summed E-state index contributed by atoms with van der Waals surface area (Å²) in [6, 6.07) is 13.3. The summed E-state index contributed by atoms with van der Waals surface area (Å²) in [4.78, 5) is 31.6. The number of amides is 2. The van der Waals surface area contributed by atoms with Gasteiger partial charge in [0.05, 0.1) is 25.2 Å². The van der Waals surface area contributed by atoms with Crippen molar-refractivity contribution in [1.82, 2.24) is 5.32 Å². The number of carbonyl (C=O) groups is 2. The van der Waals surface area contributed by atoms with Crippen molar-refractivity contribution in [2.75, 3.05) is 38.0 Å². The number of hydrogen-bond donors (Lipinski definition) is 1. The van der Waals surface area contributed by atoms with Crippen molar-refractivity contribution in [2.24, 2.45) is 4.99 Å². The molecule has 1 heterocycles. The molecule has 2 aromatic carbocycles. The Morgan fingerprint density at radius 1 is 1.12 bits per heavy atom. The predicted octanol–water partition coefficient (Wildman–Crippen LogP) is 3.55. The van der Waals surface area contributed by atoms with E-state index in [9.17, 15) is 9.59 Å². The van der Waals surface area contributed by atoms with Gasteiger partial charge in [0.2, 0.25) is 5.91 Å². The number of anilines is 1. The third-order valence-corrected chi connectivity index (χ3v) is 5.61. The predicted molar refractivity (Wildman–Crippen MR) is 129 cm³/mol. The highest BCUT2D eigenvalue weighted by Gasteiger charge is 2.32. The SMILES string of the molecule is COCCNC(=O)CSC1=N/C(=C\c2ccc(OC)cc2)C(=O)N1c1cc(C)cc(C)c1. The van der Waals surface area contributed by atoms with Crippen LogP contribution >= 0.6 is 11.8 Å². The molecule has 0 radical (unpaired) electrons. The fourth-order valence-corrected chi connectivity index (χ4v) is 4.07. The zero-order valence-electron chi connectivity index (χ0n) is 18.7. The summed E-state index contributed by atoms with van der Waals surface area (Å²) in [5.41, 5.74) is 3.97. The molecule has 1 aliphatic heterocycles. The maximum Gasteiger partial charge on any atom is 0.283 e. The molecule has 0 spiro atoms. The smallest absolute Gasteiger partial charge is 0.283 e. The second kappa shape index (κ2) is 11.0. The zero-order chi connectivity index (χ0) is 23.1. The highest BCUT2D eigenvalue weighted by molar-refractivity contribution is 8.14. The van der Waals surface area contributed by atoms with E-state index in [4.69, 9.17) is 9.47 Å². The molecule has 2 aromatic rings. The minimum Gasteiger partial charge on any atom is -0.497 e. The van der Waals surface area contributed by atoms with Gasteiger partial charge < -0.3 is 14.8 Å². The van der Waals surface area contributed by atoms with Crippen LogP contribution in [0.3, 0.4) is 0 Å². The number of methoxy groups -OCH3 is 2. The van der Waals surface area contributed by atoms with Gasteiger partial charge in [-0.1, -0.05) is 30.0 Å². The van der Waals surface area contributed by atoms with E-state index in [0.717, 1.165) is 28.1 Å². The average molecular weight is 454 g/mol. The molecule has 0 aromatic heterocycles. The lowest BCUT2D eigenvalue weighted by Gasteiger charge is -2.19. The largest absolute Gasteiger partial charge is 0.497 e. The van der Waals surface area contributed by atoms with E-state index >= 15 is 0 Å². The van der Waals surface area contributed by atoms with Gasteiger partial charge in [-0.3, -0.25) is 14.5 Å². The van der Waals surface area contributed by atoms with Crippen molar-refractivity contribution in [3.8, 4) is 5.75 Å². The van der Waals surface area contributed by atoms with Crippen LogP contribution in [0.5, 0.6) is 5.75 Å². The van der Waals surface area contributed by atoms with Crippen LogP contribution in [0.15, 0.2) is 53.2 Å². The molecular formula is C24H27N3O4S. The number of nitrogens with one attached hydrogen (secondary N) is 1. The molecule has 168 valence electrons. The number of rotatable bonds is 8. The van der Waals surface area contributed by atoms with Crippen LogP contribution in [-0.2, 0) is 14.3 Å². The number of hydrogen-bond acceptors (Lipinski definition) is 6. The normalized spacial score (nSPS) is 14.6. The summed E-state index contributed by atoms with van der Waals surface area (Å²) >= 11 is 1.23. The van der Waals surface area contributed by atoms with Crippen LogP contribution in [-0.4, -0.2) is 50.1 Å². The molecule has 32 heavy (non-hydrogen) atoms. The number of nitrogens with zero attached hydrogens (tertiary/aromatic N) is 2. The Labute approximate surface area is 192 Å². The van der Waals surface area contributed by atoms with E-state index < -0.39 is 0 Å². The Morgan fingerprint density at radius 3 is 2.44 bits per heavy atom. The third-order valence-electron chi connectivity index (χ3n) is 4.67. The molecule has 3 rings (SSSR count). The first-order valence-corrected chi connectivity index (χ1v) is 11.2. The molecular weight excluding hydrogens is 426 g/mol. The van der Waals surface area contributed by atoms with Crippen molar-refractivity contribution < 1.29 is 19.1 Å². The Hall–Kier alpha value is -3.10. The number of ether oxygens (including phenoxy) is 2. The van der Waals surface area contributed by atoms with Gasteiger partial charge in [0, 0.05) is 13.7 Å². The molecule has 0 atom stereocenters. The molecule has 0 aliphatic carbocycles. The van der Waals surface area contributed by atoms with Crippen LogP contribution in [0, 0.1) is 13.8 Å². The maximum atomic E-state index is 13.3. The number of aliphatic imine (C=N–C) groups is 1. The van der Waals surface area contributed by atoms with E-state index in [2.05, 4.69) is 10.3 Å². The number of benzene rings is 2. The van der Waals surface area contributed by atoms with E-state index in [-0.39, 0.29) is 17.6 Å². The monoisotopic (exact) mass is 453 g/mol. The van der Waals surface area contributed by atoms with Gasteiger partial charge in [-0.05, 0) is 60.9 Å². The Bertz CT molecular complexity index is 1030. The summed E-state index contributed by atoms with van der Waals surface area (Å²) < 4.78 is 10.1. The Morgan fingerprint density at radius 2 is 1.81 bits per heavy atom. The third kappa shape index (κ3) is 5.99. The fraction of sp³-hybridized carbons (Fsp3) is 0.292. The first-order chi connectivity index (χ1) is 15.4. The second-order valence-electron chi connectivity index (χ2n) is 7.32. The van der Waals surface area contributed by atoms with Gasteiger partial charge >= 0.3 is 0 Å². The van der Waals surface area contributed by atoms with Gasteiger partial charge in [-0.15, -0.1) is 0 Å². The lowest BCUT2D eigenvalue weighted by atomic mass is 10.1. The van der Waals surface area contributed by atoms with E-state index in [1.807, 2.05) is 56.3 Å². The van der Waals surface area contributed by atoms with Crippen LogP contribution in [0.4, 0.5) is 5.69 Å². The Balaban J connectivity index is 1.87. The topological polar surface area (TPSA) is 80.2 Å². The molecule has 0 unspecified atom stereocenters. The number of thioether (sulfide) groups is 1. The summed E-state index contributed by atoms with van der Waals surface area (Å²) in [5, 5.41) is 3.26. The van der Waals surface area contributed by atoms with Gasteiger partial charge in [-0.25, -0.2) is 4.99 Å². The number of carbonyl (C=O) groups excluding carboxylic acids is 2. The molecule has 1 aliphatic rings. The minimum atomic E-state index is -0.229. The summed E-state index contributed by atoms with van der Waals surface area (Å²) in [5.74, 6) is 0.511. The van der Waals surface area contributed by atoms with Crippen molar-refractivity contribution in [2.45, 2.75) is 13.8 Å².